The molecule has 21 heavy (non-hydrogen) atoms. The number of rotatable bonds is 5. The minimum absolute atomic E-state index is 0.271. The number of aryl methyl sites for hydroxylation is 2. The topological polar surface area (TPSA) is 73.4 Å². The lowest BCUT2D eigenvalue weighted by Crippen LogP contribution is -2.36. The van der Waals surface area contributed by atoms with Gasteiger partial charge in [-0.25, -0.2) is 0 Å². The molecule has 2 aromatic rings. The zero-order valence-corrected chi connectivity index (χ0v) is 12.6. The van der Waals surface area contributed by atoms with Crippen molar-refractivity contribution in [1.29, 1.82) is 0 Å². The number of nitrogens with one attached hydrogen (secondary N) is 1. The summed E-state index contributed by atoms with van der Waals surface area (Å²) in [5.41, 5.74) is 3.56. The Labute approximate surface area is 123 Å². The maximum Gasteiger partial charge on any atom is 0.323 e. The van der Waals surface area contributed by atoms with Gasteiger partial charge in [-0.15, -0.1) is 0 Å². The fourth-order valence-electron chi connectivity index (χ4n) is 2.57. The Morgan fingerprint density at radius 3 is 2.57 bits per heavy atom. The fraction of sp³-hybridized carbons (Fsp3) is 0.375. The number of H-pyrrole nitrogens is 1. The molecule has 0 radical (unpaired) electrons. The molecule has 0 unspecified atom stereocenters. The zero-order chi connectivity index (χ0) is 15.6. The monoisotopic (exact) mass is 288 g/mol. The summed E-state index contributed by atoms with van der Waals surface area (Å²) in [5.74, 6) is -1.27. The number of carboxylic acid groups (broad SMARTS) is 1. The van der Waals surface area contributed by atoms with Crippen molar-refractivity contribution in [1.82, 2.24) is 9.88 Å². The average Bonchev–Trinajstić information content (AvgIpc) is 2.81. The van der Waals surface area contributed by atoms with Gasteiger partial charge < -0.3 is 15.0 Å². The minimum Gasteiger partial charge on any atom is -0.480 e. The van der Waals surface area contributed by atoms with Gasteiger partial charge in [0.05, 0.1) is 0 Å². The number of carbonyl (C=O) groups is 2. The molecular formula is C16H20N2O3. The summed E-state index contributed by atoms with van der Waals surface area (Å²) in [7, 11) is 0. The smallest absolute Gasteiger partial charge is 0.323 e. The first-order valence-corrected chi connectivity index (χ1v) is 7.03. The van der Waals surface area contributed by atoms with Gasteiger partial charge in [0.15, 0.2) is 0 Å². The minimum atomic E-state index is -1.00. The van der Waals surface area contributed by atoms with Gasteiger partial charge in [0, 0.05) is 17.4 Å². The van der Waals surface area contributed by atoms with E-state index in [0.29, 0.717) is 12.2 Å². The Balaban J connectivity index is 2.37. The van der Waals surface area contributed by atoms with E-state index in [1.807, 2.05) is 26.8 Å². The van der Waals surface area contributed by atoms with Crippen LogP contribution in [0.3, 0.4) is 0 Å². The van der Waals surface area contributed by atoms with E-state index in [9.17, 15) is 9.59 Å². The molecule has 0 aliphatic rings. The van der Waals surface area contributed by atoms with Crippen molar-refractivity contribution in [3.05, 3.63) is 35.0 Å². The average molecular weight is 288 g/mol. The highest BCUT2D eigenvalue weighted by Gasteiger charge is 2.20. The highest BCUT2D eigenvalue weighted by molar-refractivity contribution is 5.99. The third kappa shape index (κ3) is 3.24. The number of amides is 1. The molecule has 0 bridgehead atoms. The first-order chi connectivity index (χ1) is 9.92. The first kappa shape index (κ1) is 15.1. The van der Waals surface area contributed by atoms with Crippen LogP contribution in [0.15, 0.2) is 18.2 Å². The van der Waals surface area contributed by atoms with E-state index < -0.39 is 5.97 Å². The van der Waals surface area contributed by atoms with Gasteiger partial charge in [-0.05, 0) is 43.5 Å². The van der Waals surface area contributed by atoms with Crippen molar-refractivity contribution < 1.29 is 14.7 Å². The van der Waals surface area contributed by atoms with Gasteiger partial charge in [0.2, 0.25) is 0 Å². The Morgan fingerprint density at radius 2 is 1.95 bits per heavy atom. The Kier molecular flexibility index (Phi) is 4.31. The quantitative estimate of drug-likeness (QED) is 0.888. The third-order valence-corrected chi connectivity index (χ3v) is 3.43. The van der Waals surface area contributed by atoms with Crippen molar-refractivity contribution >= 4 is 22.8 Å². The van der Waals surface area contributed by atoms with Gasteiger partial charge in [-0.2, -0.15) is 0 Å². The van der Waals surface area contributed by atoms with E-state index in [1.54, 1.807) is 6.07 Å². The van der Waals surface area contributed by atoms with E-state index in [4.69, 9.17) is 5.11 Å². The van der Waals surface area contributed by atoms with Crippen molar-refractivity contribution in [2.24, 2.45) is 0 Å². The number of carbonyl (C=O) groups excluding carboxylic acids is 1. The molecule has 2 rings (SSSR count). The van der Waals surface area contributed by atoms with Gasteiger partial charge in [0.1, 0.15) is 12.2 Å². The first-order valence-electron chi connectivity index (χ1n) is 7.03. The SMILES string of the molecule is CCCN(CC(=O)O)C(=O)c1cc2c(C)cc(C)cc2[nH]1. The summed E-state index contributed by atoms with van der Waals surface area (Å²) in [6, 6.07) is 5.85. The van der Waals surface area contributed by atoms with Crippen LogP contribution in [-0.4, -0.2) is 40.0 Å². The Hall–Kier alpha value is -2.30. The molecule has 0 aliphatic heterocycles. The summed E-state index contributed by atoms with van der Waals surface area (Å²) < 4.78 is 0. The number of aliphatic carboxylic acids is 1. The summed E-state index contributed by atoms with van der Waals surface area (Å²) in [6.45, 7) is 6.07. The number of carboxylic acids is 1. The molecular weight excluding hydrogens is 268 g/mol. The summed E-state index contributed by atoms with van der Waals surface area (Å²) in [4.78, 5) is 27.8. The highest BCUT2D eigenvalue weighted by atomic mass is 16.4. The second kappa shape index (κ2) is 5.99. The molecule has 5 heteroatoms. The van der Waals surface area contributed by atoms with Crippen molar-refractivity contribution in [2.45, 2.75) is 27.2 Å². The molecule has 1 amide bonds. The largest absolute Gasteiger partial charge is 0.480 e. The fourth-order valence-corrected chi connectivity index (χ4v) is 2.57. The van der Waals surface area contributed by atoms with Crippen LogP contribution in [-0.2, 0) is 4.79 Å². The molecule has 5 nitrogen and oxygen atoms in total. The van der Waals surface area contributed by atoms with Crippen LogP contribution in [0.25, 0.3) is 10.9 Å². The molecule has 0 saturated carbocycles. The van der Waals surface area contributed by atoms with E-state index in [1.165, 1.54) is 4.90 Å². The number of fused-ring (bicyclic) bond motifs is 1. The second-order valence-corrected chi connectivity index (χ2v) is 5.35. The molecule has 0 saturated heterocycles. The number of aromatic amines is 1. The van der Waals surface area contributed by atoms with Crippen molar-refractivity contribution in [3.63, 3.8) is 0 Å². The van der Waals surface area contributed by atoms with Crippen LogP contribution in [0.2, 0.25) is 0 Å². The molecule has 0 aliphatic carbocycles. The molecule has 2 N–H and O–H groups in total. The molecule has 1 heterocycles. The predicted octanol–water partition coefficient (Wildman–Crippen LogP) is 2.72. The van der Waals surface area contributed by atoms with Crippen LogP contribution >= 0.6 is 0 Å². The molecule has 0 atom stereocenters. The third-order valence-electron chi connectivity index (χ3n) is 3.43. The van der Waals surface area contributed by atoms with E-state index in [2.05, 4.69) is 11.1 Å². The molecule has 0 fully saturated rings. The van der Waals surface area contributed by atoms with Crippen molar-refractivity contribution in [2.75, 3.05) is 13.1 Å². The van der Waals surface area contributed by atoms with Crippen LogP contribution < -0.4 is 0 Å². The van der Waals surface area contributed by atoms with E-state index >= 15 is 0 Å². The number of hydrogen-bond acceptors (Lipinski definition) is 2. The summed E-state index contributed by atoms with van der Waals surface area (Å²) in [5, 5.41) is 9.92. The normalized spacial score (nSPS) is 10.8. The number of aromatic nitrogens is 1. The summed E-state index contributed by atoms with van der Waals surface area (Å²) >= 11 is 0. The maximum absolute atomic E-state index is 12.5. The lowest BCUT2D eigenvalue weighted by molar-refractivity contribution is -0.137. The molecule has 1 aromatic carbocycles. The van der Waals surface area contributed by atoms with Crippen LogP contribution in [0.1, 0.15) is 35.0 Å². The predicted molar refractivity (Wildman–Crippen MR) is 81.6 cm³/mol. The van der Waals surface area contributed by atoms with Gasteiger partial charge in [-0.3, -0.25) is 9.59 Å². The highest BCUT2D eigenvalue weighted by Crippen LogP contribution is 2.22. The maximum atomic E-state index is 12.5. The Bertz CT molecular complexity index is 688. The number of nitrogens with zero attached hydrogens (tertiary/aromatic N) is 1. The van der Waals surface area contributed by atoms with E-state index in [-0.39, 0.29) is 12.5 Å². The lowest BCUT2D eigenvalue weighted by Gasteiger charge is -2.18. The van der Waals surface area contributed by atoms with Gasteiger partial charge >= 0.3 is 5.97 Å². The number of hydrogen-bond donors (Lipinski definition) is 2. The van der Waals surface area contributed by atoms with E-state index in [0.717, 1.165) is 28.5 Å². The van der Waals surface area contributed by atoms with Crippen molar-refractivity contribution in [3.8, 4) is 0 Å². The van der Waals surface area contributed by atoms with Crippen LogP contribution in [0, 0.1) is 13.8 Å². The second-order valence-electron chi connectivity index (χ2n) is 5.35. The van der Waals surface area contributed by atoms with Gasteiger partial charge in [0.25, 0.3) is 5.91 Å². The molecule has 112 valence electrons. The standard InChI is InChI=1S/C16H20N2O3/c1-4-5-18(9-15(19)20)16(21)14-8-12-11(3)6-10(2)7-13(12)17-14/h6-8,17H,4-5,9H2,1-3H3,(H,19,20). The van der Waals surface area contributed by atoms with Gasteiger partial charge in [-0.1, -0.05) is 13.0 Å². The Morgan fingerprint density at radius 1 is 1.24 bits per heavy atom. The van der Waals surface area contributed by atoms with Crippen LogP contribution in [0.4, 0.5) is 0 Å². The number of benzene rings is 1. The van der Waals surface area contributed by atoms with Crippen LogP contribution in [0.5, 0.6) is 0 Å². The summed E-state index contributed by atoms with van der Waals surface area (Å²) in [6.07, 6.45) is 0.720. The molecule has 0 spiro atoms. The zero-order valence-electron chi connectivity index (χ0n) is 12.6. The lowest BCUT2D eigenvalue weighted by atomic mass is 10.1. The molecule has 1 aromatic heterocycles.